The number of rotatable bonds is 5. The summed E-state index contributed by atoms with van der Waals surface area (Å²) in [6.45, 7) is 1.90. The topological polar surface area (TPSA) is 81.1 Å². The Labute approximate surface area is 155 Å². The number of aliphatic hydroxyl groups is 1. The smallest absolute Gasteiger partial charge is 0.273 e. The van der Waals surface area contributed by atoms with E-state index in [-0.39, 0.29) is 25.4 Å². The van der Waals surface area contributed by atoms with Crippen LogP contribution in [0.2, 0.25) is 0 Å². The molecule has 1 N–H and O–H groups in total. The molecule has 2 aliphatic rings. The lowest BCUT2D eigenvalue weighted by atomic mass is 10.1. The van der Waals surface area contributed by atoms with Crippen molar-refractivity contribution >= 4 is 17.2 Å². The van der Waals surface area contributed by atoms with Crippen molar-refractivity contribution < 1.29 is 24.1 Å². The highest BCUT2D eigenvalue weighted by Gasteiger charge is 2.25. The lowest BCUT2D eigenvalue weighted by Gasteiger charge is -2.31. The average molecular weight is 376 g/mol. The van der Waals surface area contributed by atoms with Crippen molar-refractivity contribution in [1.82, 2.24) is 9.88 Å². The molecular formula is C18H20N2O5S. The number of ether oxygens (including phenoxy) is 3. The molecule has 0 radical (unpaired) electrons. The lowest BCUT2D eigenvalue weighted by Crippen LogP contribution is -2.41. The largest absolute Gasteiger partial charge is 0.454 e. The van der Waals surface area contributed by atoms with E-state index in [1.165, 1.54) is 11.3 Å². The van der Waals surface area contributed by atoms with Gasteiger partial charge in [-0.1, -0.05) is 0 Å². The number of hydrogen-bond acceptors (Lipinski definition) is 7. The van der Waals surface area contributed by atoms with Gasteiger partial charge in [-0.25, -0.2) is 4.98 Å². The second-order valence-corrected chi connectivity index (χ2v) is 7.05. The van der Waals surface area contributed by atoms with E-state index in [1.54, 1.807) is 5.38 Å². The molecule has 2 aliphatic heterocycles. The number of piperidine rings is 1. The van der Waals surface area contributed by atoms with Crippen LogP contribution in [0.15, 0.2) is 23.6 Å². The molecule has 3 heterocycles. The van der Waals surface area contributed by atoms with Crippen LogP contribution in [0.5, 0.6) is 11.5 Å². The van der Waals surface area contributed by atoms with Crippen molar-refractivity contribution in [3.8, 4) is 22.1 Å². The zero-order valence-corrected chi connectivity index (χ0v) is 15.0. The van der Waals surface area contributed by atoms with Gasteiger partial charge in [-0.15, -0.1) is 11.3 Å². The fraction of sp³-hybridized carbons (Fsp3) is 0.444. The molecule has 0 atom stereocenters. The van der Waals surface area contributed by atoms with Gasteiger partial charge in [0.05, 0.1) is 19.3 Å². The van der Waals surface area contributed by atoms with Gasteiger partial charge in [0.2, 0.25) is 6.79 Å². The van der Waals surface area contributed by atoms with Crippen LogP contribution in [0, 0.1) is 0 Å². The first-order chi connectivity index (χ1) is 12.7. The summed E-state index contributed by atoms with van der Waals surface area (Å²) in [5.41, 5.74) is 1.38. The molecule has 1 amide bonds. The molecule has 7 nitrogen and oxygen atoms in total. The third kappa shape index (κ3) is 3.53. The highest BCUT2D eigenvalue weighted by atomic mass is 32.1. The Bertz CT molecular complexity index is 786. The van der Waals surface area contributed by atoms with Gasteiger partial charge in [0.15, 0.2) is 11.5 Å². The minimum Gasteiger partial charge on any atom is -0.454 e. The molecule has 0 aliphatic carbocycles. The number of amides is 1. The Morgan fingerprint density at radius 1 is 1.31 bits per heavy atom. The van der Waals surface area contributed by atoms with Crippen molar-refractivity contribution in [2.75, 3.05) is 33.1 Å². The van der Waals surface area contributed by atoms with E-state index in [2.05, 4.69) is 4.98 Å². The highest BCUT2D eigenvalue weighted by Crippen LogP contribution is 2.36. The Kier molecular flexibility index (Phi) is 5.05. The summed E-state index contributed by atoms with van der Waals surface area (Å²) in [6.07, 6.45) is 1.68. The fourth-order valence-corrected chi connectivity index (χ4v) is 3.93. The number of aromatic nitrogens is 1. The van der Waals surface area contributed by atoms with E-state index in [9.17, 15) is 4.79 Å². The van der Waals surface area contributed by atoms with Crippen molar-refractivity contribution in [2.45, 2.75) is 18.9 Å². The second kappa shape index (κ2) is 7.61. The predicted octanol–water partition coefficient (Wildman–Crippen LogP) is 2.15. The molecule has 1 saturated heterocycles. The highest BCUT2D eigenvalue weighted by molar-refractivity contribution is 7.13. The Morgan fingerprint density at radius 3 is 2.92 bits per heavy atom. The zero-order chi connectivity index (χ0) is 17.9. The molecule has 1 aromatic carbocycles. The van der Waals surface area contributed by atoms with Crippen molar-refractivity contribution in [3.63, 3.8) is 0 Å². The van der Waals surface area contributed by atoms with Crippen molar-refractivity contribution in [2.24, 2.45) is 0 Å². The summed E-state index contributed by atoms with van der Waals surface area (Å²) >= 11 is 1.44. The molecule has 26 heavy (non-hydrogen) atoms. The fourth-order valence-electron chi connectivity index (χ4n) is 3.14. The monoisotopic (exact) mass is 376 g/mol. The quantitative estimate of drug-likeness (QED) is 0.861. The summed E-state index contributed by atoms with van der Waals surface area (Å²) in [5.74, 6) is 1.39. The van der Waals surface area contributed by atoms with Gasteiger partial charge >= 0.3 is 0 Å². The number of carbonyl (C=O) groups is 1. The van der Waals surface area contributed by atoms with Crippen LogP contribution >= 0.6 is 11.3 Å². The molecule has 0 bridgehead atoms. The van der Waals surface area contributed by atoms with Crippen molar-refractivity contribution in [3.05, 3.63) is 29.3 Å². The van der Waals surface area contributed by atoms with Gasteiger partial charge in [0.1, 0.15) is 10.7 Å². The zero-order valence-electron chi connectivity index (χ0n) is 14.2. The van der Waals surface area contributed by atoms with Gasteiger partial charge in [0, 0.05) is 24.0 Å². The summed E-state index contributed by atoms with van der Waals surface area (Å²) in [4.78, 5) is 19.0. The molecule has 2 aromatic rings. The van der Waals surface area contributed by atoms with Crippen LogP contribution in [-0.2, 0) is 4.74 Å². The predicted molar refractivity (Wildman–Crippen MR) is 95.6 cm³/mol. The number of fused-ring (bicyclic) bond motifs is 1. The van der Waals surface area contributed by atoms with Crippen molar-refractivity contribution in [1.29, 1.82) is 0 Å². The van der Waals surface area contributed by atoms with E-state index in [0.29, 0.717) is 31.1 Å². The Balaban J connectivity index is 1.41. The average Bonchev–Trinajstić information content (AvgIpc) is 3.35. The number of thiazole rings is 1. The molecule has 1 aromatic heterocycles. The van der Waals surface area contributed by atoms with E-state index in [4.69, 9.17) is 19.3 Å². The third-order valence-corrected chi connectivity index (χ3v) is 5.41. The minimum absolute atomic E-state index is 0.0284. The van der Waals surface area contributed by atoms with Gasteiger partial charge < -0.3 is 24.2 Å². The first-order valence-electron chi connectivity index (χ1n) is 8.62. The number of nitrogens with zero attached hydrogens (tertiary/aromatic N) is 2. The molecule has 0 spiro atoms. The molecule has 138 valence electrons. The van der Waals surface area contributed by atoms with Gasteiger partial charge in [-0.05, 0) is 31.0 Å². The molecule has 8 heteroatoms. The maximum absolute atomic E-state index is 12.7. The molecule has 1 fully saturated rings. The van der Waals surface area contributed by atoms with E-state index < -0.39 is 0 Å². The minimum atomic E-state index is -0.0474. The Hall–Kier alpha value is -2.16. The van der Waals surface area contributed by atoms with Crippen LogP contribution in [0.25, 0.3) is 10.6 Å². The van der Waals surface area contributed by atoms with Crippen LogP contribution in [0.4, 0.5) is 0 Å². The summed E-state index contributed by atoms with van der Waals surface area (Å²) in [5, 5.41) is 11.4. The number of benzene rings is 1. The molecule has 4 rings (SSSR count). The molecule has 0 saturated carbocycles. The number of hydrogen-bond donors (Lipinski definition) is 1. The summed E-state index contributed by atoms with van der Waals surface area (Å²) < 4.78 is 16.3. The van der Waals surface area contributed by atoms with Gasteiger partial charge in [0.25, 0.3) is 5.91 Å². The molecular weight excluding hydrogens is 356 g/mol. The van der Waals surface area contributed by atoms with Crippen LogP contribution in [-0.4, -0.2) is 60.1 Å². The normalized spacial score (nSPS) is 16.9. The maximum Gasteiger partial charge on any atom is 0.273 e. The number of likely N-dealkylation sites (tertiary alicyclic amines) is 1. The lowest BCUT2D eigenvalue weighted by molar-refractivity contribution is -0.00563. The second-order valence-electron chi connectivity index (χ2n) is 6.19. The van der Waals surface area contributed by atoms with E-state index in [0.717, 1.165) is 29.2 Å². The van der Waals surface area contributed by atoms with E-state index in [1.807, 2.05) is 23.1 Å². The summed E-state index contributed by atoms with van der Waals surface area (Å²) in [7, 11) is 0. The third-order valence-electron chi connectivity index (χ3n) is 4.52. The Morgan fingerprint density at radius 2 is 2.12 bits per heavy atom. The standard InChI is InChI=1S/C18H20N2O5S/c21-7-8-23-13-3-5-20(6-4-13)18(22)14-10-26-17(19-14)12-1-2-15-16(9-12)25-11-24-15/h1-2,9-10,13,21H,3-8,11H2. The van der Waals surface area contributed by atoms with Gasteiger partial charge in [-0.3, -0.25) is 4.79 Å². The number of aliphatic hydroxyl groups excluding tert-OH is 1. The van der Waals surface area contributed by atoms with Gasteiger partial charge in [-0.2, -0.15) is 0 Å². The first kappa shape index (κ1) is 17.3. The van der Waals surface area contributed by atoms with E-state index >= 15 is 0 Å². The summed E-state index contributed by atoms with van der Waals surface area (Å²) in [6, 6.07) is 5.67. The number of carbonyl (C=O) groups excluding carboxylic acids is 1. The van der Waals surface area contributed by atoms with Crippen LogP contribution in [0.1, 0.15) is 23.3 Å². The maximum atomic E-state index is 12.7. The van der Waals surface area contributed by atoms with Crippen LogP contribution in [0.3, 0.4) is 0 Å². The first-order valence-corrected chi connectivity index (χ1v) is 9.50. The van der Waals surface area contributed by atoms with Crippen LogP contribution < -0.4 is 9.47 Å². The SMILES string of the molecule is O=C(c1csc(-c2ccc3c(c2)OCO3)n1)N1CCC(OCCO)CC1. The molecule has 0 unspecified atom stereocenters.